The molecular weight excluding hydrogens is 388 g/mol. The first-order valence-electron chi connectivity index (χ1n) is 10.6. The highest BCUT2D eigenvalue weighted by atomic mass is 32.2. The quantitative estimate of drug-likeness (QED) is 0.788. The second kappa shape index (κ2) is 6.90. The van der Waals surface area contributed by atoms with Crippen molar-refractivity contribution in [3.63, 3.8) is 0 Å². The number of furan rings is 1. The molecule has 0 radical (unpaired) electrons. The maximum atomic E-state index is 12.8. The molecule has 0 unspecified atom stereocenters. The van der Waals surface area contributed by atoms with Gasteiger partial charge in [0.15, 0.2) is 0 Å². The predicted octanol–water partition coefficient (Wildman–Crippen LogP) is 4.21. The average molecular weight is 415 g/mol. The van der Waals surface area contributed by atoms with Crippen LogP contribution in [0.25, 0.3) is 0 Å². The Labute approximate surface area is 171 Å². The number of rotatable bonds is 3. The molecule has 0 saturated carbocycles. The molecule has 6 nitrogen and oxygen atoms in total. The first kappa shape index (κ1) is 18.7. The van der Waals surface area contributed by atoms with E-state index in [1.807, 2.05) is 0 Å². The Hall–Kier alpha value is -2.28. The minimum absolute atomic E-state index is 0.171. The lowest BCUT2D eigenvalue weighted by Gasteiger charge is -2.16. The molecule has 0 saturated heterocycles. The largest absolute Gasteiger partial charge is 0.448 e. The van der Waals surface area contributed by atoms with E-state index in [4.69, 9.17) is 4.42 Å². The highest BCUT2D eigenvalue weighted by molar-refractivity contribution is 7.89. The number of benzene rings is 1. The van der Waals surface area contributed by atoms with Gasteiger partial charge in [-0.25, -0.2) is 9.52 Å². The zero-order chi connectivity index (χ0) is 20.2. The van der Waals surface area contributed by atoms with Crippen molar-refractivity contribution in [2.45, 2.75) is 75.7 Å². The third-order valence-corrected chi connectivity index (χ3v) is 7.78. The van der Waals surface area contributed by atoms with Crippen LogP contribution in [-0.2, 0) is 42.1 Å². The molecule has 0 bridgehead atoms. The van der Waals surface area contributed by atoms with Crippen molar-refractivity contribution >= 4 is 21.7 Å². The third-order valence-electron chi connectivity index (χ3n) is 6.59. The zero-order valence-electron chi connectivity index (χ0n) is 16.6. The molecule has 154 valence electrons. The van der Waals surface area contributed by atoms with Crippen LogP contribution in [-0.4, -0.2) is 14.4 Å². The SMILES string of the molecule is C[C@@H]1CCCc2oc(S(=O)(=O)NC(=O)Nc3c4c(cc5c3CCC5)CCC4)cc21. The van der Waals surface area contributed by atoms with Crippen LogP contribution in [0, 0.1) is 0 Å². The van der Waals surface area contributed by atoms with Gasteiger partial charge in [-0.1, -0.05) is 13.0 Å². The molecule has 1 aromatic carbocycles. The summed E-state index contributed by atoms with van der Waals surface area (Å²) in [6.45, 7) is 2.07. The summed E-state index contributed by atoms with van der Waals surface area (Å²) in [6, 6.07) is 3.13. The molecule has 5 rings (SSSR count). The van der Waals surface area contributed by atoms with Gasteiger partial charge in [-0.05, 0) is 85.1 Å². The average Bonchev–Trinajstić information content (AvgIpc) is 3.40. The Morgan fingerprint density at radius 2 is 1.69 bits per heavy atom. The van der Waals surface area contributed by atoms with Gasteiger partial charge in [0.1, 0.15) is 5.76 Å². The number of carbonyl (C=O) groups excluding carboxylic acids is 1. The smallest absolute Gasteiger partial charge is 0.333 e. The first-order valence-corrected chi connectivity index (χ1v) is 12.0. The van der Waals surface area contributed by atoms with Crippen molar-refractivity contribution in [2.75, 3.05) is 5.32 Å². The number of hydrogen-bond donors (Lipinski definition) is 2. The maximum Gasteiger partial charge on any atom is 0.333 e. The number of anilines is 1. The van der Waals surface area contributed by atoms with Gasteiger partial charge in [-0.15, -0.1) is 0 Å². The van der Waals surface area contributed by atoms with Gasteiger partial charge in [0.25, 0.3) is 10.0 Å². The van der Waals surface area contributed by atoms with Crippen molar-refractivity contribution in [2.24, 2.45) is 0 Å². The Kier molecular flexibility index (Phi) is 4.46. The topological polar surface area (TPSA) is 88.4 Å². The van der Waals surface area contributed by atoms with Crippen LogP contribution in [0.2, 0.25) is 0 Å². The lowest BCUT2D eigenvalue weighted by molar-refractivity contribution is 0.256. The minimum atomic E-state index is -4.05. The molecular formula is C22H26N2O4S. The summed E-state index contributed by atoms with van der Waals surface area (Å²) >= 11 is 0. The van der Waals surface area contributed by atoms with Crippen LogP contribution in [0.3, 0.4) is 0 Å². The van der Waals surface area contributed by atoms with E-state index in [-0.39, 0.29) is 11.0 Å². The summed E-state index contributed by atoms with van der Waals surface area (Å²) in [5.41, 5.74) is 6.68. The van der Waals surface area contributed by atoms with Crippen molar-refractivity contribution in [3.05, 3.63) is 45.7 Å². The lowest BCUT2D eigenvalue weighted by Crippen LogP contribution is -2.34. The van der Waals surface area contributed by atoms with Gasteiger partial charge in [0.2, 0.25) is 5.09 Å². The fraction of sp³-hybridized carbons (Fsp3) is 0.500. The number of nitrogens with one attached hydrogen (secondary N) is 2. The van der Waals surface area contributed by atoms with Gasteiger partial charge >= 0.3 is 6.03 Å². The van der Waals surface area contributed by atoms with E-state index in [9.17, 15) is 13.2 Å². The second-order valence-corrected chi connectivity index (χ2v) is 10.1. The first-order chi connectivity index (χ1) is 13.9. The molecule has 0 aliphatic heterocycles. The molecule has 0 fully saturated rings. The summed E-state index contributed by atoms with van der Waals surface area (Å²) in [5.74, 6) is 0.998. The third kappa shape index (κ3) is 3.25. The van der Waals surface area contributed by atoms with Crippen LogP contribution in [0.5, 0.6) is 0 Å². The van der Waals surface area contributed by atoms with E-state index in [1.165, 1.54) is 22.3 Å². The molecule has 7 heteroatoms. The Morgan fingerprint density at radius 3 is 2.34 bits per heavy atom. The van der Waals surface area contributed by atoms with E-state index in [0.29, 0.717) is 0 Å². The summed E-state index contributed by atoms with van der Waals surface area (Å²) in [7, 11) is -4.05. The number of amides is 2. The Morgan fingerprint density at radius 1 is 1.00 bits per heavy atom. The van der Waals surface area contributed by atoms with E-state index < -0.39 is 16.1 Å². The van der Waals surface area contributed by atoms with Gasteiger partial charge in [0.05, 0.1) is 0 Å². The fourth-order valence-corrected chi connectivity index (χ4v) is 6.05. The molecule has 29 heavy (non-hydrogen) atoms. The number of carbonyl (C=O) groups is 1. The van der Waals surface area contributed by atoms with Crippen molar-refractivity contribution < 1.29 is 17.6 Å². The normalized spacial score (nSPS) is 20.1. The molecule has 3 aliphatic rings. The number of fused-ring (bicyclic) bond motifs is 3. The van der Waals surface area contributed by atoms with Gasteiger partial charge < -0.3 is 9.73 Å². The Balaban J connectivity index is 1.39. The van der Waals surface area contributed by atoms with E-state index in [2.05, 4.69) is 23.0 Å². The van der Waals surface area contributed by atoms with E-state index in [1.54, 1.807) is 6.07 Å². The molecule has 1 heterocycles. The van der Waals surface area contributed by atoms with E-state index >= 15 is 0 Å². The molecule has 2 aromatic rings. The summed E-state index contributed by atoms with van der Waals surface area (Å²) in [5, 5.41) is 2.70. The molecule has 0 spiro atoms. The molecule has 2 N–H and O–H groups in total. The van der Waals surface area contributed by atoms with Crippen LogP contribution >= 0.6 is 0 Å². The number of sulfonamides is 1. The van der Waals surface area contributed by atoms with Gasteiger partial charge in [-0.2, -0.15) is 8.42 Å². The second-order valence-electron chi connectivity index (χ2n) is 8.53. The van der Waals surface area contributed by atoms with E-state index in [0.717, 1.165) is 74.8 Å². The lowest BCUT2D eigenvalue weighted by atomic mass is 9.89. The number of urea groups is 1. The Bertz CT molecular complexity index is 1070. The molecule has 2 amide bonds. The molecule has 3 aliphatic carbocycles. The highest BCUT2D eigenvalue weighted by Crippen LogP contribution is 2.39. The predicted molar refractivity (Wildman–Crippen MR) is 110 cm³/mol. The molecule has 1 aromatic heterocycles. The van der Waals surface area contributed by atoms with Crippen molar-refractivity contribution in [1.82, 2.24) is 4.72 Å². The number of hydrogen-bond acceptors (Lipinski definition) is 4. The van der Waals surface area contributed by atoms with Crippen molar-refractivity contribution in [3.8, 4) is 0 Å². The van der Waals surface area contributed by atoms with Crippen LogP contribution < -0.4 is 10.0 Å². The van der Waals surface area contributed by atoms with Gasteiger partial charge in [-0.3, -0.25) is 0 Å². The zero-order valence-corrected chi connectivity index (χ0v) is 17.5. The maximum absolute atomic E-state index is 12.8. The minimum Gasteiger partial charge on any atom is -0.448 e. The van der Waals surface area contributed by atoms with Crippen LogP contribution in [0.1, 0.15) is 72.1 Å². The molecule has 1 atom stereocenters. The monoisotopic (exact) mass is 414 g/mol. The van der Waals surface area contributed by atoms with Crippen LogP contribution in [0.15, 0.2) is 21.6 Å². The summed E-state index contributed by atoms with van der Waals surface area (Å²) in [4.78, 5) is 12.7. The standard InChI is InChI=1S/C22H26N2O4S/c1-13-5-2-10-19-18(13)12-20(28-19)29(26,27)24-22(25)23-21-16-8-3-6-14(16)11-15-7-4-9-17(15)21/h11-13H,2-10H2,1H3,(H2,23,24,25)/t13-/m1/s1. The number of aryl methyl sites for hydroxylation is 3. The summed E-state index contributed by atoms with van der Waals surface area (Å²) in [6.07, 6.45) is 8.78. The van der Waals surface area contributed by atoms with Crippen LogP contribution in [0.4, 0.5) is 10.5 Å². The van der Waals surface area contributed by atoms with Crippen molar-refractivity contribution in [1.29, 1.82) is 0 Å². The van der Waals surface area contributed by atoms with Gasteiger partial charge in [0, 0.05) is 18.2 Å². The fourth-order valence-electron chi connectivity index (χ4n) is 5.16. The summed E-state index contributed by atoms with van der Waals surface area (Å²) < 4.78 is 33.3. The highest BCUT2D eigenvalue weighted by Gasteiger charge is 2.30.